The number of nitrogens with zero attached hydrogens (tertiary/aromatic N) is 2. The number of ether oxygens (including phenoxy) is 1. The summed E-state index contributed by atoms with van der Waals surface area (Å²) in [5, 5.41) is 0.336. The van der Waals surface area contributed by atoms with Crippen molar-refractivity contribution in [2.45, 2.75) is 34.3 Å². The minimum Gasteiger partial charge on any atom is -0.487 e. The van der Waals surface area contributed by atoms with Gasteiger partial charge in [-0.1, -0.05) is 19.9 Å². The van der Waals surface area contributed by atoms with Crippen LogP contribution in [0.15, 0.2) is 47.3 Å². The normalized spacial score (nSPS) is 13.5. The number of fused-ring (bicyclic) bond motifs is 1. The van der Waals surface area contributed by atoms with E-state index in [1.165, 1.54) is 12.1 Å². The van der Waals surface area contributed by atoms with Gasteiger partial charge < -0.3 is 19.5 Å². The summed E-state index contributed by atoms with van der Waals surface area (Å²) in [6.45, 7) is 10.5. The molecule has 7 heteroatoms. The van der Waals surface area contributed by atoms with E-state index in [9.17, 15) is 14.0 Å². The van der Waals surface area contributed by atoms with Crippen LogP contribution in [0.1, 0.15) is 32.0 Å². The van der Waals surface area contributed by atoms with E-state index in [0.29, 0.717) is 41.0 Å². The third kappa shape index (κ3) is 5.10. The molecule has 3 aromatic rings. The number of aromatic amines is 1. The topological polar surface area (TPSA) is 65.6 Å². The van der Waals surface area contributed by atoms with Gasteiger partial charge in [-0.05, 0) is 37.3 Å². The highest BCUT2D eigenvalue weighted by Gasteiger charge is 2.19. The Kier molecular flexibility index (Phi) is 7.51. The Morgan fingerprint density at radius 1 is 1.09 bits per heavy atom. The van der Waals surface area contributed by atoms with E-state index in [2.05, 4.69) is 9.88 Å². The molecule has 1 aliphatic heterocycles. The highest BCUT2D eigenvalue weighted by molar-refractivity contribution is 5.79. The lowest BCUT2D eigenvalue weighted by atomic mass is 10.1. The molecule has 1 aliphatic rings. The number of benzene rings is 2. The highest BCUT2D eigenvalue weighted by Crippen LogP contribution is 2.23. The predicted octanol–water partition coefficient (Wildman–Crippen LogP) is 4.25. The Balaban J connectivity index is 0.00000141. The van der Waals surface area contributed by atoms with E-state index in [1.54, 1.807) is 19.9 Å². The second-order valence-electron chi connectivity index (χ2n) is 7.53. The highest BCUT2D eigenvalue weighted by atomic mass is 19.1. The molecule has 0 radical (unpaired) electrons. The fraction of sp³-hybridized carbons (Fsp3) is 0.360. The summed E-state index contributed by atoms with van der Waals surface area (Å²) in [6, 6.07) is 11.9. The third-order valence-corrected chi connectivity index (χ3v) is 5.60. The van der Waals surface area contributed by atoms with Crippen LogP contribution in [0.5, 0.6) is 5.75 Å². The number of H-pyrrole nitrogens is 1. The molecule has 1 fully saturated rings. The van der Waals surface area contributed by atoms with Gasteiger partial charge in [0.05, 0.1) is 5.69 Å². The van der Waals surface area contributed by atoms with Crippen molar-refractivity contribution in [3.05, 3.63) is 69.8 Å². The summed E-state index contributed by atoms with van der Waals surface area (Å²) in [5.74, 6) is 0.368. The van der Waals surface area contributed by atoms with Gasteiger partial charge in [-0.15, -0.1) is 0 Å². The number of carbonyl (C=O) groups excluding carboxylic acids is 1. The molecule has 1 aromatic heterocycles. The number of anilines is 1. The van der Waals surface area contributed by atoms with Crippen molar-refractivity contribution in [3.8, 4) is 5.75 Å². The van der Waals surface area contributed by atoms with E-state index >= 15 is 0 Å². The minimum absolute atomic E-state index is 0.106. The van der Waals surface area contributed by atoms with Crippen molar-refractivity contribution >= 4 is 22.5 Å². The van der Waals surface area contributed by atoms with Gasteiger partial charge in [-0.2, -0.15) is 0 Å². The van der Waals surface area contributed by atoms with Crippen LogP contribution in [0, 0.1) is 12.7 Å². The molecule has 0 atom stereocenters. The maximum absolute atomic E-state index is 13.5. The Morgan fingerprint density at radius 3 is 2.50 bits per heavy atom. The van der Waals surface area contributed by atoms with Crippen LogP contribution in [0.25, 0.3) is 10.9 Å². The Hall–Kier alpha value is -3.35. The van der Waals surface area contributed by atoms with E-state index in [-0.39, 0.29) is 17.9 Å². The lowest BCUT2D eigenvalue weighted by Crippen LogP contribution is -2.48. The van der Waals surface area contributed by atoms with E-state index in [4.69, 9.17) is 4.74 Å². The van der Waals surface area contributed by atoms with Crippen LogP contribution in [0.2, 0.25) is 0 Å². The van der Waals surface area contributed by atoms with Crippen LogP contribution >= 0.6 is 0 Å². The van der Waals surface area contributed by atoms with Crippen LogP contribution < -0.4 is 15.1 Å². The summed E-state index contributed by atoms with van der Waals surface area (Å²) in [7, 11) is 0. The van der Waals surface area contributed by atoms with E-state index < -0.39 is 5.82 Å². The molecule has 1 amide bonds. The molecule has 1 N–H and O–H groups in total. The molecule has 2 aromatic carbocycles. The molecule has 170 valence electrons. The van der Waals surface area contributed by atoms with Gasteiger partial charge in [-0.3, -0.25) is 9.59 Å². The van der Waals surface area contributed by atoms with Crippen molar-refractivity contribution in [1.82, 2.24) is 9.88 Å². The maximum Gasteiger partial charge on any atom is 0.219 e. The zero-order chi connectivity index (χ0) is 23.3. The Labute approximate surface area is 187 Å². The fourth-order valence-electron chi connectivity index (χ4n) is 3.76. The fourth-order valence-corrected chi connectivity index (χ4v) is 3.76. The summed E-state index contributed by atoms with van der Waals surface area (Å²) >= 11 is 0. The van der Waals surface area contributed by atoms with E-state index in [1.807, 2.05) is 43.0 Å². The largest absolute Gasteiger partial charge is 0.487 e. The van der Waals surface area contributed by atoms with Gasteiger partial charge >= 0.3 is 0 Å². The van der Waals surface area contributed by atoms with Crippen molar-refractivity contribution in [2.24, 2.45) is 0 Å². The molecule has 0 unspecified atom stereocenters. The maximum atomic E-state index is 13.5. The number of halogens is 1. The second-order valence-corrected chi connectivity index (χ2v) is 7.53. The standard InChI is InChI=1S/C23H24FN3O3.C2H6/c1-15-22(25-21-7-6-17(24)12-20(21)23(15)29)14-30-19-5-3-4-18(13-19)27-10-8-26(9-11-27)16(2)28;1-2/h3-7,12-13H,8-11,14H2,1-2H3,(H,25,29);1-2H3. The number of piperazine rings is 1. The smallest absolute Gasteiger partial charge is 0.219 e. The monoisotopic (exact) mass is 439 g/mol. The number of pyridine rings is 1. The molecule has 0 bridgehead atoms. The van der Waals surface area contributed by atoms with Gasteiger partial charge in [0.1, 0.15) is 18.2 Å². The average Bonchev–Trinajstić information content (AvgIpc) is 2.82. The molecule has 32 heavy (non-hydrogen) atoms. The molecule has 1 saturated heterocycles. The Bertz CT molecular complexity index is 1150. The summed E-state index contributed by atoms with van der Waals surface area (Å²) in [6.07, 6.45) is 0. The number of nitrogens with one attached hydrogen (secondary N) is 1. The molecular formula is C25H30FN3O3. The van der Waals surface area contributed by atoms with Crippen LogP contribution in [0.3, 0.4) is 0 Å². The summed E-state index contributed by atoms with van der Waals surface area (Å²) in [5.41, 5.74) is 2.61. The zero-order valence-electron chi connectivity index (χ0n) is 19.1. The average molecular weight is 440 g/mol. The quantitative estimate of drug-likeness (QED) is 0.660. The van der Waals surface area contributed by atoms with Crippen molar-refractivity contribution in [3.63, 3.8) is 0 Å². The summed E-state index contributed by atoms with van der Waals surface area (Å²) < 4.78 is 19.4. The molecule has 4 rings (SSSR count). The zero-order valence-corrected chi connectivity index (χ0v) is 19.1. The van der Waals surface area contributed by atoms with E-state index in [0.717, 1.165) is 18.8 Å². The molecule has 0 saturated carbocycles. The molecule has 2 heterocycles. The first-order valence-corrected chi connectivity index (χ1v) is 11.0. The SMILES string of the molecule is CC.CC(=O)N1CCN(c2cccc(OCc3[nH]c4ccc(F)cc4c(=O)c3C)c2)CC1. The number of rotatable bonds is 4. The second kappa shape index (κ2) is 10.3. The van der Waals surface area contributed by atoms with Crippen LogP contribution in [-0.4, -0.2) is 42.0 Å². The first-order chi connectivity index (χ1) is 15.4. The van der Waals surface area contributed by atoms with Crippen molar-refractivity contribution in [2.75, 3.05) is 31.1 Å². The number of hydrogen-bond acceptors (Lipinski definition) is 4. The number of hydrogen-bond donors (Lipinski definition) is 1. The number of aromatic nitrogens is 1. The third-order valence-electron chi connectivity index (χ3n) is 5.60. The van der Waals surface area contributed by atoms with Gasteiger partial charge in [0.25, 0.3) is 0 Å². The summed E-state index contributed by atoms with van der Waals surface area (Å²) in [4.78, 5) is 31.3. The van der Waals surface area contributed by atoms with Crippen LogP contribution in [0.4, 0.5) is 10.1 Å². The van der Waals surface area contributed by atoms with Gasteiger partial charge in [0.2, 0.25) is 5.91 Å². The van der Waals surface area contributed by atoms with Crippen molar-refractivity contribution in [1.29, 1.82) is 0 Å². The molecular weight excluding hydrogens is 409 g/mol. The van der Waals surface area contributed by atoms with Gasteiger partial charge in [0, 0.05) is 61.3 Å². The predicted molar refractivity (Wildman–Crippen MR) is 126 cm³/mol. The lowest BCUT2D eigenvalue weighted by molar-refractivity contribution is -0.129. The minimum atomic E-state index is -0.433. The first kappa shape index (κ1) is 23.3. The van der Waals surface area contributed by atoms with Gasteiger partial charge in [0.15, 0.2) is 5.43 Å². The molecule has 6 nitrogen and oxygen atoms in total. The van der Waals surface area contributed by atoms with Crippen LogP contribution in [-0.2, 0) is 11.4 Å². The number of amides is 1. The lowest BCUT2D eigenvalue weighted by Gasteiger charge is -2.35. The number of carbonyl (C=O) groups is 1. The van der Waals surface area contributed by atoms with Crippen molar-refractivity contribution < 1.29 is 13.9 Å². The molecule has 0 aliphatic carbocycles. The molecule has 0 spiro atoms. The Morgan fingerprint density at radius 2 is 1.81 bits per heavy atom. The first-order valence-electron chi connectivity index (χ1n) is 11.0. The van der Waals surface area contributed by atoms with Gasteiger partial charge in [-0.25, -0.2) is 4.39 Å².